The molecule has 1 unspecified atom stereocenters. The van der Waals surface area contributed by atoms with Crippen molar-refractivity contribution < 1.29 is 4.79 Å². The Morgan fingerprint density at radius 3 is 2.82 bits per heavy atom. The summed E-state index contributed by atoms with van der Waals surface area (Å²) in [5.74, 6) is 0.575. The van der Waals surface area contributed by atoms with E-state index in [4.69, 9.17) is 10.7 Å². The molecule has 2 aromatic rings. The summed E-state index contributed by atoms with van der Waals surface area (Å²) < 4.78 is 0.882. The van der Waals surface area contributed by atoms with Crippen molar-refractivity contribution in [1.82, 2.24) is 15.3 Å². The van der Waals surface area contributed by atoms with Gasteiger partial charge in [0.2, 0.25) is 0 Å². The molecule has 3 N–H and O–H groups in total. The third kappa shape index (κ3) is 4.27. The second-order valence-corrected chi connectivity index (χ2v) is 7.27. The fourth-order valence-corrected chi connectivity index (χ4v) is 3.48. The summed E-state index contributed by atoms with van der Waals surface area (Å²) in [7, 11) is 0. The van der Waals surface area contributed by atoms with Gasteiger partial charge in [0.15, 0.2) is 0 Å². The monoisotopic (exact) mass is 382 g/mol. The maximum Gasteiger partial charge on any atom is 0.312 e. The lowest BCUT2D eigenvalue weighted by Gasteiger charge is -2.13. The lowest BCUT2D eigenvalue weighted by atomic mass is 10.1. The van der Waals surface area contributed by atoms with E-state index in [1.165, 1.54) is 0 Å². The standard InChI is InChI=1S/C15H19BrN4OS/c1-8(2)4-10-7-22-14(20-10)11-5-13(18-6-12(11)16)9(3)19-15(17)21/h5-9H,4H2,1-3H3,(H3,17,19,21). The molecule has 0 fully saturated rings. The Morgan fingerprint density at radius 2 is 2.18 bits per heavy atom. The van der Waals surface area contributed by atoms with Gasteiger partial charge in [-0.3, -0.25) is 4.98 Å². The number of primary amides is 1. The predicted molar refractivity (Wildman–Crippen MR) is 92.7 cm³/mol. The zero-order valence-electron chi connectivity index (χ0n) is 12.8. The van der Waals surface area contributed by atoms with Crippen molar-refractivity contribution in [3.05, 3.63) is 33.5 Å². The van der Waals surface area contributed by atoms with Gasteiger partial charge in [-0.25, -0.2) is 9.78 Å². The number of rotatable bonds is 5. The Morgan fingerprint density at radius 1 is 1.45 bits per heavy atom. The molecule has 22 heavy (non-hydrogen) atoms. The van der Waals surface area contributed by atoms with Crippen molar-refractivity contribution in [2.24, 2.45) is 11.7 Å². The normalized spacial score (nSPS) is 12.4. The zero-order chi connectivity index (χ0) is 16.3. The number of hydrogen-bond acceptors (Lipinski definition) is 4. The van der Waals surface area contributed by atoms with Crippen molar-refractivity contribution in [1.29, 1.82) is 0 Å². The number of halogens is 1. The van der Waals surface area contributed by atoms with Crippen LogP contribution in [0.4, 0.5) is 4.79 Å². The molecule has 0 aliphatic heterocycles. The highest BCUT2D eigenvalue weighted by Crippen LogP contribution is 2.32. The molecule has 0 aliphatic rings. The maximum absolute atomic E-state index is 11.0. The molecule has 0 bridgehead atoms. The van der Waals surface area contributed by atoms with Gasteiger partial charge in [-0.05, 0) is 41.3 Å². The molecule has 2 aromatic heterocycles. The third-order valence-corrected chi connectivity index (χ3v) is 4.63. The minimum atomic E-state index is -0.563. The number of urea groups is 1. The molecule has 0 radical (unpaired) electrons. The van der Waals surface area contributed by atoms with Gasteiger partial charge in [-0.1, -0.05) is 13.8 Å². The third-order valence-electron chi connectivity index (χ3n) is 3.08. The van der Waals surface area contributed by atoms with Gasteiger partial charge in [-0.2, -0.15) is 0 Å². The van der Waals surface area contributed by atoms with E-state index in [-0.39, 0.29) is 6.04 Å². The molecular weight excluding hydrogens is 364 g/mol. The largest absolute Gasteiger partial charge is 0.352 e. The van der Waals surface area contributed by atoms with Gasteiger partial charge in [0.05, 0.1) is 17.4 Å². The average Bonchev–Trinajstić information content (AvgIpc) is 2.85. The van der Waals surface area contributed by atoms with Crippen LogP contribution in [0.5, 0.6) is 0 Å². The minimum Gasteiger partial charge on any atom is -0.352 e. The fourth-order valence-electron chi connectivity index (χ4n) is 2.09. The van der Waals surface area contributed by atoms with Crippen molar-refractivity contribution in [2.45, 2.75) is 33.2 Å². The Bertz CT molecular complexity index is 671. The summed E-state index contributed by atoms with van der Waals surface area (Å²) in [6.45, 7) is 6.20. The average molecular weight is 383 g/mol. The number of carbonyl (C=O) groups is 1. The van der Waals surface area contributed by atoms with Gasteiger partial charge in [0.25, 0.3) is 0 Å². The molecule has 118 valence electrons. The lowest BCUT2D eigenvalue weighted by Crippen LogP contribution is -2.32. The van der Waals surface area contributed by atoms with Gasteiger partial charge in [-0.15, -0.1) is 11.3 Å². The van der Waals surface area contributed by atoms with Crippen molar-refractivity contribution >= 4 is 33.3 Å². The molecule has 0 saturated carbocycles. The summed E-state index contributed by atoms with van der Waals surface area (Å²) in [5, 5.41) is 5.66. The van der Waals surface area contributed by atoms with E-state index in [1.54, 1.807) is 17.5 Å². The summed E-state index contributed by atoms with van der Waals surface area (Å²) >= 11 is 5.13. The first-order chi connectivity index (χ1) is 10.4. The van der Waals surface area contributed by atoms with E-state index in [0.29, 0.717) is 5.92 Å². The summed E-state index contributed by atoms with van der Waals surface area (Å²) in [5.41, 5.74) is 7.99. The molecule has 5 nitrogen and oxygen atoms in total. The molecule has 2 rings (SSSR count). The first-order valence-electron chi connectivity index (χ1n) is 7.03. The van der Waals surface area contributed by atoms with Gasteiger partial charge >= 0.3 is 6.03 Å². The van der Waals surface area contributed by atoms with E-state index in [2.05, 4.69) is 45.5 Å². The molecular formula is C15H19BrN4OS. The van der Waals surface area contributed by atoms with Crippen molar-refractivity contribution in [2.75, 3.05) is 0 Å². The van der Waals surface area contributed by atoms with E-state index >= 15 is 0 Å². The van der Waals surface area contributed by atoms with Crippen LogP contribution in [0.1, 0.15) is 38.2 Å². The number of nitrogens with zero attached hydrogens (tertiary/aromatic N) is 2. The highest BCUT2D eigenvalue weighted by atomic mass is 79.9. The lowest BCUT2D eigenvalue weighted by molar-refractivity contribution is 0.246. The molecule has 0 aromatic carbocycles. The quantitative estimate of drug-likeness (QED) is 0.822. The highest BCUT2D eigenvalue weighted by molar-refractivity contribution is 9.10. The van der Waals surface area contributed by atoms with Crippen LogP contribution in [-0.4, -0.2) is 16.0 Å². The number of aromatic nitrogens is 2. The summed E-state index contributed by atoms with van der Waals surface area (Å²) in [6, 6.07) is 1.12. The second kappa shape index (κ2) is 7.19. The van der Waals surface area contributed by atoms with E-state index in [1.807, 2.05) is 13.0 Å². The van der Waals surface area contributed by atoms with E-state index in [9.17, 15) is 4.79 Å². The Hall–Kier alpha value is -1.47. The first-order valence-corrected chi connectivity index (χ1v) is 8.70. The maximum atomic E-state index is 11.0. The Balaban J connectivity index is 2.30. The number of nitrogens with two attached hydrogens (primary N) is 1. The van der Waals surface area contributed by atoms with Gasteiger partial charge in [0, 0.05) is 21.6 Å². The zero-order valence-corrected chi connectivity index (χ0v) is 15.2. The molecule has 1 atom stereocenters. The first kappa shape index (κ1) is 16.9. The number of carbonyl (C=O) groups excluding carboxylic acids is 1. The molecule has 2 amide bonds. The van der Waals surface area contributed by atoms with Gasteiger partial charge < -0.3 is 11.1 Å². The number of nitrogens with one attached hydrogen (secondary N) is 1. The number of amides is 2. The smallest absolute Gasteiger partial charge is 0.312 e. The summed E-state index contributed by atoms with van der Waals surface area (Å²) in [6.07, 6.45) is 2.69. The number of thiazole rings is 1. The molecule has 2 heterocycles. The fraction of sp³-hybridized carbons (Fsp3) is 0.400. The second-order valence-electron chi connectivity index (χ2n) is 5.56. The molecule has 0 aliphatic carbocycles. The SMILES string of the molecule is CC(C)Cc1csc(-c2cc(C(C)NC(N)=O)ncc2Br)n1. The van der Waals surface area contributed by atoms with Crippen LogP contribution in [0.25, 0.3) is 10.6 Å². The molecule has 0 saturated heterocycles. The van der Waals surface area contributed by atoms with Crippen LogP contribution in [0, 0.1) is 5.92 Å². The molecule has 0 spiro atoms. The van der Waals surface area contributed by atoms with E-state index < -0.39 is 6.03 Å². The van der Waals surface area contributed by atoms with Crippen LogP contribution in [0.2, 0.25) is 0 Å². The van der Waals surface area contributed by atoms with Crippen LogP contribution in [0.15, 0.2) is 22.1 Å². The van der Waals surface area contributed by atoms with Crippen molar-refractivity contribution in [3.63, 3.8) is 0 Å². The van der Waals surface area contributed by atoms with Crippen molar-refractivity contribution in [3.8, 4) is 10.6 Å². The number of pyridine rings is 1. The Labute approximate surface area is 142 Å². The van der Waals surface area contributed by atoms with Gasteiger partial charge in [0.1, 0.15) is 5.01 Å². The minimum absolute atomic E-state index is 0.251. The van der Waals surface area contributed by atoms with Crippen LogP contribution < -0.4 is 11.1 Å². The van der Waals surface area contributed by atoms with Crippen LogP contribution in [-0.2, 0) is 6.42 Å². The molecule has 7 heteroatoms. The van der Waals surface area contributed by atoms with E-state index in [0.717, 1.165) is 32.9 Å². The van der Waals surface area contributed by atoms with Crippen LogP contribution in [0.3, 0.4) is 0 Å². The highest BCUT2D eigenvalue weighted by Gasteiger charge is 2.14. The predicted octanol–water partition coefficient (Wildman–Crippen LogP) is 3.90. The summed E-state index contributed by atoms with van der Waals surface area (Å²) in [4.78, 5) is 20.0. The number of hydrogen-bond donors (Lipinski definition) is 2. The van der Waals surface area contributed by atoms with Crippen LogP contribution >= 0.6 is 27.3 Å². The Kier molecular flexibility index (Phi) is 5.52. The topological polar surface area (TPSA) is 80.9 Å².